The van der Waals surface area contributed by atoms with E-state index in [-0.39, 0.29) is 22.9 Å². The summed E-state index contributed by atoms with van der Waals surface area (Å²) < 4.78 is 32.6. The second kappa shape index (κ2) is 10.1. The Balaban J connectivity index is 1.62. The Morgan fingerprint density at radius 3 is 2.78 bits per heavy atom. The zero-order valence-corrected chi connectivity index (χ0v) is 20.6. The number of aromatic amines is 1. The number of aromatic hydroxyl groups is 1. The van der Waals surface area contributed by atoms with Crippen molar-refractivity contribution in [2.45, 2.75) is 44.4 Å². The highest BCUT2D eigenvalue weighted by Crippen LogP contribution is 2.41. The fraction of sp³-hybridized carbons (Fsp3) is 0.444. The van der Waals surface area contributed by atoms with E-state index in [1.165, 1.54) is 6.07 Å². The summed E-state index contributed by atoms with van der Waals surface area (Å²) in [7, 11) is 0. The molecule has 0 bridgehead atoms. The number of alkyl halides is 2. The summed E-state index contributed by atoms with van der Waals surface area (Å²) in [6.07, 6.45) is 4.06. The number of phenols is 1. The highest BCUT2D eigenvalue weighted by molar-refractivity contribution is 5.98. The van der Waals surface area contributed by atoms with Crippen LogP contribution in [-0.2, 0) is 0 Å². The zero-order valence-electron chi connectivity index (χ0n) is 20.6. The number of hydrogen-bond acceptors (Lipinski definition) is 6. The van der Waals surface area contributed by atoms with Crippen molar-refractivity contribution in [3.05, 3.63) is 51.8 Å². The fourth-order valence-electron chi connectivity index (χ4n) is 4.68. The number of benzene rings is 1. The van der Waals surface area contributed by atoms with Gasteiger partial charge in [0.2, 0.25) is 0 Å². The van der Waals surface area contributed by atoms with Crippen LogP contribution in [0.1, 0.15) is 54.4 Å². The fourth-order valence-corrected chi connectivity index (χ4v) is 4.68. The monoisotopic (exact) mass is 512 g/mol. The summed E-state index contributed by atoms with van der Waals surface area (Å²) >= 11 is 0. The Morgan fingerprint density at radius 2 is 2.08 bits per heavy atom. The normalized spacial score (nSPS) is 18.1. The van der Waals surface area contributed by atoms with Crippen LogP contribution >= 0.6 is 0 Å². The number of fused-ring (bicyclic) bond motifs is 1. The third-order valence-corrected chi connectivity index (χ3v) is 6.83. The first kappa shape index (κ1) is 25.1. The Bertz CT molecular complexity index is 1380. The first-order valence-corrected chi connectivity index (χ1v) is 12.6. The van der Waals surface area contributed by atoms with Gasteiger partial charge in [-0.3, -0.25) is 9.59 Å². The third-order valence-electron chi connectivity index (χ3n) is 6.83. The minimum atomic E-state index is -3.11. The van der Waals surface area contributed by atoms with Crippen molar-refractivity contribution in [3.8, 4) is 22.8 Å². The van der Waals surface area contributed by atoms with E-state index in [4.69, 9.17) is 4.74 Å². The molecule has 1 saturated heterocycles. The number of piperidine rings is 1. The predicted molar refractivity (Wildman–Crippen MR) is 135 cm³/mol. The van der Waals surface area contributed by atoms with Crippen LogP contribution in [0.15, 0.2) is 35.1 Å². The number of ether oxygens (including phenoxy) is 1. The molecule has 3 heterocycles. The molecule has 1 aliphatic carbocycles. The summed E-state index contributed by atoms with van der Waals surface area (Å²) in [6.45, 7) is 1.94. The SMILES string of the molecule is CC(F)(F)CNC(=O)c1cc2c(C3CCCNC3)cc(-c3c(O)cccc3OCC3CC3)nc2[nH]c1=O. The van der Waals surface area contributed by atoms with Crippen LogP contribution in [0.4, 0.5) is 8.78 Å². The lowest BCUT2D eigenvalue weighted by Crippen LogP contribution is -2.37. The molecule has 2 aromatic heterocycles. The Hall–Kier alpha value is -3.53. The molecule has 1 amide bonds. The molecule has 10 heteroatoms. The number of halogens is 2. The van der Waals surface area contributed by atoms with Gasteiger partial charge >= 0.3 is 0 Å². The first-order chi connectivity index (χ1) is 17.7. The van der Waals surface area contributed by atoms with E-state index < -0.39 is 23.9 Å². The van der Waals surface area contributed by atoms with Crippen LogP contribution < -0.4 is 20.9 Å². The van der Waals surface area contributed by atoms with E-state index in [1.54, 1.807) is 18.2 Å². The summed E-state index contributed by atoms with van der Waals surface area (Å²) in [4.78, 5) is 32.7. The Morgan fingerprint density at radius 1 is 1.27 bits per heavy atom. The van der Waals surface area contributed by atoms with Crippen LogP contribution in [0.3, 0.4) is 0 Å². The number of carbonyl (C=O) groups excluding carboxylic acids is 1. The lowest BCUT2D eigenvalue weighted by Gasteiger charge is -2.25. The largest absolute Gasteiger partial charge is 0.507 e. The van der Waals surface area contributed by atoms with Crippen LogP contribution in [0.5, 0.6) is 11.5 Å². The number of amides is 1. The molecule has 1 atom stereocenters. The number of pyridine rings is 2. The topological polar surface area (TPSA) is 116 Å². The number of hydrogen-bond donors (Lipinski definition) is 4. The molecular weight excluding hydrogens is 482 g/mol. The zero-order chi connectivity index (χ0) is 26.2. The maximum absolute atomic E-state index is 13.3. The Labute approximate surface area is 212 Å². The van der Waals surface area contributed by atoms with Gasteiger partial charge in [-0.05, 0) is 73.9 Å². The lowest BCUT2D eigenvalue weighted by atomic mass is 9.88. The van der Waals surface area contributed by atoms with Gasteiger partial charge in [0.25, 0.3) is 17.4 Å². The number of nitrogens with zero attached hydrogens (tertiary/aromatic N) is 1. The summed E-state index contributed by atoms with van der Waals surface area (Å²) in [6, 6.07) is 8.34. The van der Waals surface area contributed by atoms with Gasteiger partial charge in [0.05, 0.1) is 24.4 Å². The molecule has 1 aromatic carbocycles. The van der Waals surface area contributed by atoms with Gasteiger partial charge < -0.3 is 25.5 Å². The van der Waals surface area contributed by atoms with Gasteiger partial charge in [-0.2, -0.15) is 0 Å². The number of rotatable bonds is 8. The van der Waals surface area contributed by atoms with Crippen molar-refractivity contribution in [2.24, 2.45) is 5.92 Å². The third kappa shape index (κ3) is 5.74. The number of phenolic OH excluding ortho intramolecular Hbond substituents is 1. The van der Waals surface area contributed by atoms with Gasteiger partial charge in [0.15, 0.2) is 0 Å². The number of carbonyl (C=O) groups is 1. The molecule has 4 N–H and O–H groups in total. The standard InChI is InChI=1S/C27H30F2N4O4/c1-27(28,29)14-31-25(35)19-10-18-17(16-4-3-9-30-12-16)11-20(32-24(18)33-26(19)36)23-21(34)5-2-6-22(23)37-13-15-7-8-15/h2,5-6,10-11,15-16,30,34H,3-4,7-9,12-14H2,1H3,(H,31,35)(H,32,33,36). The molecule has 2 fully saturated rings. The summed E-state index contributed by atoms with van der Waals surface area (Å²) in [5.41, 5.74) is 0.974. The molecule has 0 spiro atoms. The van der Waals surface area contributed by atoms with Gasteiger partial charge in [0.1, 0.15) is 22.7 Å². The molecule has 2 aliphatic rings. The van der Waals surface area contributed by atoms with Gasteiger partial charge in [-0.25, -0.2) is 13.8 Å². The van der Waals surface area contributed by atoms with E-state index in [0.717, 1.165) is 37.8 Å². The quantitative estimate of drug-likeness (QED) is 0.363. The molecular formula is C27H30F2N4O4. The second-order valence-corrected chi connectivity index (χ2v) is 10.1. The van der Waals surface area contributed by atoms with E-state index in [2.05, 4.69) is 20.6 Å². The maximum atomic E-state index is 13.3. The smallest absolute Gasteiger partial charge is 0.262 e. The van der Waals surface area contributed by atoms with Crippen LogP contribution in [0, 0.1) is 5.92 Å². The van der Waals surface area contributed by atoms with Gasteiger partial charge in [-0.15, -0.1) is 0 Å². The van der Waals surface area contributed by atoms with E-state index >= 15 is 0 Å². The maximum Gasteiger partial charge on any atom is 0.262 e. The molecule has 1 saturated carbocycles. The molecule has 37 heavy (non-hydrogen) atoms. The summed E-state index contributed by atoms with van der Waals surface area (Å²) in [5, 5.41) is 16.8. The van der Waals surface area contributed by atoms with Gasteiger partial charge in [-0.1, -0.05) is 6.07 Å². The van der Waals surface area contributed by atoms with Crippen molar-refractivity contribution in [3.63, 3.8) is 0 Å². The van der Waals surface area contributed by atoms with Crippen molar-refractivity contribution >= 4 is 16.9 Å². The minimum Gasteiger partial charge on any atom is -0.507 e. The van der Waals surface area contributed by atoms with Crippen LogP contribution in [-0.4, -0.2) is 53.1 Å². The second-order valence-electron chi connectivity index (χ2n) is 10.1. The minimum absolute atomic E-state index is 0.00621. The molecule has 0 radical (unpaired) electrons. The van der Waals surface area contributed by atoms with Crippen LogP contribution in [0.2, 0.25) is 0 Å². The highest BCUT2D eigenvalue weighted by atomic mass is 19.3. The molecule has 1 aliphatic heterocycles. The summed E-state index contributed by atoms with van der Waals surface area (Å²) in [5.74, 6) is -2.90. The number of nitrogens with one attached hydrogen (secondary N) is 3. The van der Waals surface area contributed by atoms with Crippen LogP contribution in [0.25, 0.3) is 22.3 Å². The first-order valence-electron chi connectivity index (χ1n) is 12.6. The average Bonchev–Trinajstić information content (AvgIpc) is 3.70. The van der Waals surface area contributed by atoms with E-state index in [0.29, 0.717) is 48.4 Å². The lowest BCUT2D eigenvalue weighted by molar-refractivity contribution is 0.0220. The predicted octanol–water partition coefficient (Wildman–Crippen LogP) is 3.94. The molecule has 196 valence electrons. The number of aromatic nitrogens is 2. The van der Waals surface area contributed by atoms with E-state index in [9.17, 15) is 23.5 Å². The number of H-pyrrole nitrogens is 1. The molecule has 3 aromatic rings. The van der Waals surface area contributed by atoms with E-state index in [1.807, 2.05) is 6.07 Å². The molecule has 8 nitrogen and oxygen atoms in total. The van der Waals surface area contributed by atoms with Crippen molar-refractivity contribution in [2.75, 3.05) is 26.2 Å². The Kier molecular flexibility index (Phi) is 6.85. The average molecular weight is 513 g/mol. The molecule has 1 unspecified atom stereocenters. The van der Waals surface area contributed by atoms with Crippen molar-refractivity contribution in [1.82, 2.24) is 20.6 Å². The highest BCUT2D eigenvalue weighted by Gasteiger charge is 2.27. The molecule has 5 rings (SSSR count). The van der Waals surface area contributed by atoms with Gasteiger partial charge in [0, 0.05) is 18.9 Å². The van der Waals surface area contributed by atoms with Crippen molar-refractivity contribution < 1.29 is 23.4 Å². The van der Waals surface area contributed by atoms with Crippen molar-refractivity contribution in [1.29, 1.82) is 0 Å².